The van der Waals surface area contributed by atoms with Crippen molar-refractivity contribution >= 4 is 5.91 Å². The van der Waals surface area contributed by atoms with Crippen LogP contribution in [0.25, 0.3) is 0 Å². The molecule has 20 heavy (non-hydrogen) atoms. The molecule has 2 fully saturated rings. The van der Waals surface area contributed by atoms with Crippen LogP contribution in [-0.2, 0) is 11.2 Å². The Balaban J connectivity index is 1.56. The van der Waals surface area contributed by atoms with Crippen LogP contribution in [0.4, 0.5) is 0 Å². The number of hydrogen-bond acceptors (Lipinski definition) is 3. The Hall–Kier alpha value is -1.32. The summed E-state index contributed by atoms with van der Waals surface area (Å²) in [6, 6.07) is 0.290. The first kappa shape index (κ1) is 13.7. The molecule has 4 heteroatoms. The predicted octanol–water partition coefficient (Wildman–Crippen LogP) is 2.77. The van der Waals surface area contributed by atoms with Crippen molar-refractivity contribution in [1.29, 1.82) is 0 Å². The Labute approximate surface area is 120 Å². The van der Waals surface area contributed by atoms with Gasteiger partial charge in [0.1, 0.15) is 5.76 Å². The number of rotatable bonds is 4. The molecule has 4 unspecified atom stereocenters. The Morgan fingerprint density at radius 3 is 2.75 bits per heavy atom. The van der Waals surface area contributed by atoms with E-state index in [9.17, 15) is 4.79 Å². The van der Waals surface area contributed by atoms with Crippen LogP contribution in [0.5, 0.6) is 0 Å². The maximum atomic E-state index is 12.2. The standard InChI is InChI=1S/C16H24N2O2/c1-9(15-7-12-4-5-13(15)6-12)17-16(19)8-14-10(2)18-20-11(14)3/h9,12-13,15H,4-8H2,1-3H3,(H,17,19). The number of carbonyl (C=O) groups is 1. The molecule has 2 aliphatic carbocycles. The summed E-state index contributed by atoms with van der Waals surface area (Å²) in [6.45, 7) is 5.91. The summed E-state index contributed by atoms with van der Waals surface area (Å²) in [7, 11) is 0. The second-order valence-electron chi connectivity index (χ2n) is 6.67. The van der Waals surface area contributed by atoms with E-state index in [0.29, 0.717) is 18.4 Å². The molecule has 2 aliphatic rings. The van der Waals surface area contributed by atoms with Crippen molar-refractivity contribution in [2.24, 2.45) is 17.8 Å². The van der Waals surface area contributed by atoms with Gasteiger partial charge in [-0.2, -0.15) is 0 Å². The fourth-order valence-electron chi connectivity index (χ4n) is 4.23. The van der Waals surface area contributed by atoms with Gasteiger partial charge in [0.15, 0.2) is 0 Å². The number of aromatic nitrogens is 1. The third-order valence-electron chi connectivity index (χ3n) is 5.34. The Morgan fingerprint density at radius 1 is 1.40 bits per heavy atom. The molecular weight excluding hydrogens is 252 g/mol. The van der Waals surface area contributed by atoms with Gasteiger partial charge in [0.2, 0.25) is 5.91 Å². The zero-order valence-electron chi connectivity index (χ0n) is 12.6. The molecule has 0 aliphatic heterocycles. The van der Waals surface area contributed by atoms with Gasteiger partial charge in [-0.1, -0.05) is 11.6 Å². The van der Waals surface area contributed by atoms with Crippen molar-refractivity contribution in [2.45, 2.75) is 58.9 Å². The van der Waals surface area contributed by atoms with Crippen molar-refractivity contribution in [3.63, 3.8) is 0 Å². The Kier molecular flexibility index (Phi) is 3.57. The van der Waals surface area contributed by atoms with E-state index in [4.69, 9.17) is 4.52 Å². The van der Waals surface area contributed by atoms with Crippen molar-refractivity contribution < 1.29 is 9.32 Å². The molecule has 2 bridgehead atoms. The summed E-state index contributed by atoms with van der Waals surface area (Å²) >= 11 is 0. The van der Waals surface area contributed by atoms with Crippen molar-refractivity contribution in [2.75, 3.05) is 0 Å². The highest BCUT2D eigenvalue weighted by atomic mass is 16.5. The fourth-order valence-corrected chi connectivity index (χ4v) is 4.23. The molecule has 4 atom stereocenters. The SMILES string of the molecule is Cc1noc(C)c1CC(=O)NC(C)C1CC2CCC1C2. The lowest BCUT2D eigenvalue weighted by atomic mass is 9.84. The fraction of sp³-hybridized carbons (Fsp3) is 0.750. The van der Waals surface area contributed by atoms with Gasteiger partial charge >= 0.3 is 0 Å². The van der Waals surface area contributed by atoms with Crippen molar-refractivity contribution in [1.82, 2.24) is 10.5 Å². The van der Waals surface area contributed by atoms with Crippen LogP contribution in [0.2, 0.25) is 0 Å². The molecule has 0 saturated heterocycles. The van der Waals surface area contributed by atoms with Gasteiger partial charge in [-0.05, 0) is 57.8 Å². The van der Waals surface area contributed by atoms with Crippen LogP contribution >= 0.6 is 0 Å². The molecule has 1 N–H and O–H groups in total. The highest BCUT2D eigenvalue weighted by molar-refractivity contribution is 5.79. The maximum absolute atomic E-state index is 12.2. The Morgan fingerprint density at radius 2 is 2.20 bits per heavy atom. The average Bonchev–Trinajstić information content (AvgIpc) is 3.10. The lowest BCUT2D eigenvalue weighted by molar-refractivity contribution is -0.121. The number of carbonyl (C=O) groups excluding carboxylic acids is 1. The molecule has 2 saturated carbocycles. The maximum Gasteiger partial charge on any atom is 0.224 e. The first-order chi connectivity index (χ1) is 9.54. The van der Waals surface area contributed by atoms with Gasteiger partial charge in [0.05, 0.1) is 12.1 Å². The topological polar surface area (TPSA) is 55.1 Å². The average molecular weight is 276 g/mol. The van der Waals surface area contributed by atoms with Crippen LogP contribution in [0.15, 0.2) is 4.52 Å². The van der Waals surface area contributed by atoms with Crippen molar-refractivity contribution in [3.8, 4) is 0 Å². The first-order valence-electron chi connectivity index (χ1n) is 7.75. The minimum Gasteiger partial charge on any atom is -0.361 e. The molecule has 0 spiro atoms. The second kappa shape index (κ2) is 5.23. The number of aryl methyl sites for hydroxylation is 2. The zero-order chi connectivity index (χ0) is 14.3. The molecular formula is C16H24N2O2. The van der Waals surface area contributed by atoms with E-state index in [1.165, 1.54) is 25.7 Å². The number of hydrogen-bond donors (Lipinski definition) is 1. The molecule has 3 rings (SSSR count). The van der Waals surface area contributed by atoms with Crippen LogP contribution in [-0.4, -0.2) is 17.1 Å². The van der Waals surface area contributed by atoms with Gasteiger partial charge in [0.25, 0.3) is 0 Å². The minimum absolute atomic E-state index is 0.0923. The molecule has 1 amide bonds. The third-order valence-corrected chi connectivity index (χ3v) is 5.34. The quantitative estimate of drug-likeness (QED) is 0.920. The van der Waals surface area contributed by atoms with Crippen LogP contribution in [0.1, 0.15) is 49.6 Å². The molecule has 1 heterocycles. The zero-order valence-corrected chi connectivity index (χ0v) is 12.6. The highest BCUT2D eigenvalue weighted by Gasteiger charge is 2.42. The predicted molar refractivity (Wildman–Crippen MR) is 76.2 cm³/mol. The number of nitrogens with zero attached hydrogens (tertiary/aromatic N) is 1. The lowest BCUT2D eigenvalue weighted by Crippen LogP contribution is -2.40. The summed E-state index contributed by atoms with van der Waals surface area (Å²) in [5.41, 5.74) is 1.76. The van der Waals surface area contributed by atoms with E-state index < -0.39 is 0 Å². The van der Waals surface area contributed by atoms with Crippen molar-refractivity contribution in [3.05, 3.63) is 17.0 Å². The van der Waals surface area contributed by atoms with Crippen LogP contribution < -0.4 is 5.32 Å². The number of fused-ring (bicyclic) bond motifs is 2. The molecule has 0 aromatic carbocycles. The van der Waals surface area contributed by atoms with E-state index in [0.717, 1.165) is 28.9 Å². The largest absolute Gasteiger partial charge is 0.361 e. The number of nitrogens with one attached hydrogen (secondary N) is 1. The van der Waals surface area contributed by atoms with E-state index in [1.54, 1.807) is 0 Å². The third kappa shape index (κ3) is 2.48. The summed E-state index contributed by atoms with van der Waals surface area (Å²) in [4.78, 5) is 12.2. The molecule has 1 aromatic heterocycles. The minimum atomic E-state index is 0.0923. The molecule has 110 valence electrons. The lowest BCUT2D eigenvalue weighted by Gasteiger charge is -2.28. The Bertz CT molecular complexity index is 489. The number of amides is 1. The van der Waals surface area contributed by atoms with Gasteiger partial charge < -0.3 is 9.84 Å². The molecule has 4 nitrogen and oxygen atoms in total. The van der Waals surface area contributed by atoms with E-state index in [-0.39, 0.29) is 5.91 Å². The van der Waals surface area contributed by atoms with E-state index >= 15 is 0 Å². The van der Waals surface area contributed by atoms with Gasteiger partial charge in [-0.25, -0.2) is 0 Å². The monoisotopic (exact) mass is 276 g/mol. The molecule has 1 aromatic rings. The van der Waals surface area contributed by atoms with Gasteiger partial charge in [-0.15, -0.1) is 0 Å². The van der Waals surface area contributed by atoms with E-state index in [2.05, 4.69) is 17.4 Å². The van der Waals surface area contributed by atoms with Crippen LogP contribution in [0.3, 0.4) is 0 Å². The summed E-state index contributed by atoms with van der Waals surface area (Å²) in [5, 5.41) is 7.09. The second-order valence-corrected chi connectivity index (χ2v) is 6.67. The van der Waals surface area contributed by atoms with Gasteiger partial charge in [-0.3, -0.25) is 4.79 Å². The summed E-state index contributed by atoms with van der Waals surface area (Å²) < 4.78 is 5.11. The smallest absolute Gasteiger partial charge is 0.224 e. The normalized spacial score (nSPS) is 29.6. The van der Waals surface area contributed by atoms with Crippen LogP contribution in [0, 0.1) is 31.6 Å². The van der Waals surface area contributed by atoms with E-state index in [1.807, 2.05) is 13.8 Å². The van der Waals surface area contributed by atoms with Gasteiger partial charge in [0, 0.05) is 11.6 Å². The first-order valence-corrected chi connectivity index (χ1v) is 7.75. The molecule has 0 radical (unpaired) electrons. The summed E-state index contributed by atoms with van der Waals surface area (Å²) in [5.74, 6) is 3.29. The summed E-state index contributed by atoms with van der Waals surface area (Å²) in [6.07, 6.45) is 5.83. The highest BCUT2D eigenvalue weighted by Crippen LogP contribution is 2.49.